The monoisotopic (exact) mass is 418 g/mol. The molecule has 5 nitrogen and oxygen atoms in total. The summed E-state index contributed by atoms with van der Waals surface area (Å²) in [5, 5.41) is 3.76. The van der Waals surface area contributed by atoms with Crippen molar-refractivity contribution in [2.45, 2.75) is 13.0 Å². The summed E-state index contributed by atoms with van der Waals surface area (Å²) < 4.78 is 12.2. The highest BCUT2D eigenvalue weighted by Crippen LogP contribution is 2.25. The quantitative estimate of drug-likeness (QED) is 0.435. The molecule has 0 aliphatic heterocycles. The number of benzene rings is 3. The molecule has 0 radical (unpaired) electrons. The molecule has 6 heteroatoms. The normalized spacial score (nSPS) is 10.8. The largest absolute Gasteiger partial charge is 0.496 e. The summed E-state index contributed by atoms with van der Waals surface area (Å²) >= 11 is 1.58. The summed E-state index contributed by atoms with van der Waals surface area (Å²) in [5.41, 5.74) is 3.86. The molecule has 0 spiro atoms. The average Bonchev–Trinajstić information content (AvgIpc) is 3.17. The molecule has 0 saturated heterocycles. The molecule has 4 aromatic rings. The predicted octanol–water partition coefficient (Wildman–Crippen LogP) is 5.05. The number of methoxy groups -OCH3 is 1. The Morgan fingerprint density at radius 1 is 1.03 bits per heavy atom. The molecular weight excluding hydrogens is 396 g/mol. The van der Waals surface area contributed by atoms with Gasteiger partial charge in [-0.05, 0) is 35.9 Å². The van der Waals surface area contributed by atoms with Gasteiger partial charge in [0.05, 0.1) is 23.9 Å². The van der Waals surface area contributed by atoms with Gasteiger partial charge in [-0.3, -0.25) is 4.79 Å². The van der Waals surface area contributed by atoms with Crippen molar-refractivity contribution in [2.24, 2.45) is 0 Å². The number of para-hydroxylation sites is 1. The van der Waals surface area contributed by atoms with E-state index >= 15 is 0 Å². The van der Waals surface area contributed by atoms with Crippen LogP contribution in [0, 0.1) is 0 Å². The minimum Gasteiger partial charge on any atom is -0.496 e. The lowest BCUT2D eigenvalue weighted by Crippen LogP contribution is -2.18. The van der Waals surface area contributed by atoms with Gasteiger partial charge in [0.25, 0.3) is 0 Å². The van der Waals surface area contributed by atoms with Crippen LogP contribution < -0.4 is 10.1 Å². The first-order valence-electron chi connectivity index (χ1n) is 9.64. The number of hydrogen-bond acceptors (Lipinski definition) is 5. The molecule has 30 heavy (non-hydrogen) atoms. The smallest absolute Gasteiger partial charge is 0.250 e. The first kappa shape index (κ1) is 20.1. The Hall–Kier alpha value is -3.22. The van der Waals surface area contributed by atoms with Crippen molar-refractivity contribution >= 4 is 33.1 Å². The number of hydrogen-bond donors (Lipinski definition) is 1. The maximum Gasteiger partial charge on any atom is 0.250 e. The summed E-state index contributed by atoms with van der Waals surface area (Å²) in [7, 11) is 1.65. The maximum absolute atomic E-state index is 12.3. The average molecular weight is 419 g/mol. The van der Waals surface area contributed by atoms with Crippen molar-refractivity contribution in [1.29, 1.82) is 0 Å². The van der Waals surface area contributed by atoms with Gasteiger partial charge in [-0.2, -0.15) is 0 Å². The van der Waals surface area contributed by atoms with Gasteiger partial charge in [-0.1, -0.05) is 42.5 Å². The lowest BCUT2D eigenvalue weighted by Gasteiger charge is -2.12. The molecule has 0 saturated carbocycles. The number of nitrogens with one attached hydrogen (secondary N) is 1. The van der Waals surface area contributed by atoms with Crippen LogP contribution in [-0.2, 0) is 22.6 Å². The SMILES string of the molecule is COc1ccc(NC(=O)COCc2nc3ccccc3s2)cc1Cc1ccccc1. The Morgan fingerprint density at radius 3 is 2.63 bits per heavy atom. The first-order chi connectivity index (χ1) is 14.7. The number of nitrogens with zero attached hydrogens (tertiary/aromatic N) is 1. The summed E-state index contributed by atoms with van der Waals surface area (Å²) in [6.45, 7) is 0.282. The van der Waals surface area contributed by atoms with Crippen LogP contribution in [0.5, 0.6) is 5.75 Å². The Morgan fingerprint density at radius 2 is 1.83 bits per heavy atom. The molecular formula is C24H22N2O3S. The van der Waals surface area contributed by atoms with Crippen LogP contribution >= 0.6 is 11.3 Å². The second-order valence-electron chi connectivity index (χ2n) is 6.81. The van der Waals surface area contributed by atoms with Crippen LogP contribution in [0.2, 0.25) is 0 Å². The van der Waals surface area contributed by atoms with E-state index in [4.69, 9.17) is 9.47 Å². The highest BCUT2D eigenvalue weighted by atomic mass is 32.1. The molecule has 0 aliphatic rings. The molecule has 1 N–H and O–H groups in total. The molecule has 0 unspecified atom stereocenters. The Balaban J connectivity index is 1.34. The molecule has 1 aromatic heterocycles. The minimum atomic E-state index is -0.202. The van der Waals surface area contributed by atoms with E-state index in [0.717, 1.165) is 38.6 Å². The van der Waals surface area contributed by atoms with Crippen molar-refractivity contribution < 1.29 is 14.3 Å². The number of carbonyl (C=O) groups excluding carboxylic acids is 1. The summed E-state index contributed by atoms with van der Waals surface area (Å²) in [4.78, 5) is 16.8. The summed E-state index contributed by atoms with van der Waals surface area (Å²) in [5.74, 6) is 0.593. The third-order valence-corrected chi connectivity index (χ3v) is 5.61. The van der Waals surface area contributed by atoms with E-state index in [9.17, 15) is 4.79 Å². The van der Waals surface area contributed by atoms with Gasteiger partial charge >= 0.3 is 0 Å². The topological polar surface area (TPSA) is 60.5 Å². The molecule has 3 aromatic carbocycles. The van der Waals surface area contributed by atoms with Gasteiger partial charge < -0.3 is 14.8 Å². The van der Waals surface area contributed by atoms with Crippen molar-refractivity contribution in [3.05, 3.63) is 88.9 Å². The van der Waals surface area contributed by atoms with Crippen molar-refractivity contribution in [3.63, 3.8) is 0 Å². The zero-order valence-electron chi connectivity index (χ0n) is 16.6. The van der Waals surface area contributed by atoms with Crippen LogP contribution in [0.3, 0.4) is 0 Å². The Bertz CT molecular complexity index is 1110. The van der Waals surface area contributed by atoms with Gasteiger partial charge in [0.1, 0.15) is 17.4 Å². The molecule has 0 aliphatic carbocycles. The van der Waals surface area contributed by atoms with Crippen LogP contribution in [-0.4, -0.2) is 24.6 Å². The number of anilines is 1. The Labute approximate surface area is 179 Å². The number of fused-ring (bicyclic) bond motifs is 1. The molecule has 4 rings (SSSR count). The fourth-order valence-electron chi connectivity index (χ4n) is 3.22. The number of ether oxygens (including phenoxy) is 2. The maximum atomic E-state index is 12.3. The summed E-state index contributed by atoms with van der Waals surface area (Å²) in [6, 6.07) is 23.7. The van der Waals surface area contributed by atoms with Gasteiger partial charge in [0, 0.05) is 17.7 Å². The zero-order valence-corrected chi connectivity index (χ0v) is 17.4. The lowest BCUT2D eigenvalue weighted by molar-refractivity contribution is -0.121. The second-order valence-corrected chi connectivity index (χ2v) is 7.92. The third kappa shape index (κ3) is 5.03. The van der Waals surface area contributed by atoms with Crippen LogP contribution in [0.25, 0.3) is 10.2 Å². The van der Waals surface area contributed by atoms with Crippen molar-refractivity contribution in [1.82, 2.24) is 4.98 Å². The first-order valence-corrected chi connectivity index (χ1v) is 10.5. The lowest BCUT2D eigenvalue weighted by atomic mass is 10.0. The fourth-order valence-corrected chi connectivity index (χ4v) is 4.13. The highest BCUT2D eigenvalue weighted by molar-refractivity contribution is 7.18. The van der Waals surface area contributed by atoms with E-state index in [1.807, 2.05) is 60.7 Å². The molecule has 1 heterocycles. The number of carbonyl (C=O) groups is 1. The van der Waals surface area contributed by atoms with Crippen molar-refractivity contribution in [3.8, 4) is 5.75 Å². The van der Waals surface area contributed by atoms with E-state index in [2.05, 4.69) is 22.4 Å². The minimum absolute atomic E-state index is 0.0318. The molecule has 1 amide bonds. The standard InChI is InChI=1S/C24H22N2O3S/c1-28-21-12-11-19(14-18(21)13-17-7-3-2-4-8-17)25-23(27)15-29-16-24-26-20-9-5-6-10-22(20)30-24/h2-12,14H,13,15-16H2,1H3,(H,25,27). The van der Waals surface area contributed by atoms with Gasteiger partial charge in [-0.15, -0.1) is 11.3 Å². The number of aromatic nitrogens is 1. The van der Waals surface area contributed by atoms with Gasteiger partial charge in [-0.25, -0.2) is 4.98 Å². The van der Waals surface area contributed by atoms with Crippen LogP contribution in [0.4, 0.5) is 5.69 Å². The van der Waals surface area contributed by atoms with E-state index < -0.39 is 0 Å². The second kappa shape index (κ2) is 9.52. The number of thiazole rings is 1. The van der Waals surface area contributed by atoms with E-state index in [1.165, 1.54) is 5.56 Å². The zero-order chi connectivity index (χ0) is 20.8. The van der Waals surface area contributed by atoms with Crippen molar-refractivity contribution in [2.75, 3.05) is 19.0 Å². The third-order valence-electron chi connectivity index (χ3n) is 4.60. The van der Waals surface area contributed by atoms with E-state index in [1.54, 1.807) is 18.4 Å². The van der Waals surface area contributed by atoms with E-state index in [0.29, 0.717) is 6.61 Å². The number of rotatable bonds is 8. The van der Waals surface area contributed by atoms with Crippen LogP contribution in [0.1, 0.15) is 16.1 Å². The predicted molar refractivity (Wildman–Crippen MR) is 120 cm³/mol. The summed E-state index contributed by atoms with van der Waals surface area (Å²) in [6.07, 6.45) is 0.724. The molecule has 0 bridgehead atoms. The number of amides is 1. The Kier molecular flexibility index (Phi) is 6.37. The van der Waals surface area contributed by atoms with E-state index in [-0.39, 0.29) is 12.5 Å². The fraction of sp³-hybridized carbons (Fsp3) is 0.167. The highest BCUT2D eigenvalue weighted by Gasteiger charge is 2.09. The van der Waals surface area contributed by atoms with Gasteiger partial charge in [0.2, 0.25) is 5.91 Å². The van der Waals surface area contributed by atoms with Gasteiger partial charge in [0.15, 0.2) is 0 Å². The molecule has 0 atom stereocenters. The van der Waals surface area contributed by atoms with Crippen LogP contribution in [0.15, 0.2) is 72.8 Å². The molecule has 152 valence electrons. The molecule has 0 fully saturated rings.